The number of amides is 1. The first-order valence-corrected chi connectivity index (χ1v) is 5.87. The molecule has 0 aliphatic heterocycles. The maximum absolute atomic E-state index is 11.4. The van der Waals surface area contributed by atoms with Crippen LogP contribution in [0.2, 0.25) is 0 Å². The average molecular weight is 214 g/mol. The summed E-state index contributed by atoms with van der Waals surface area (Å²) in [4.78, 5) is 11.4. The van der Waals surface area contributed by atoms with Gasteiger partial charge in [-0.15, -0.1) is 0 Å². The maximum atomic E-state index is 11.4. The fourth-order valence-corrected chi connectivity index (χ4v) is 2.23. The molecule has 0 aromatic rings. The van der Waals surface area contributed by atoms with Crippen molar-refractivity contribution in [3.05, 3.63) is 0 Å². The number of nitrogens with one attached hydrogen (secondary N) is 1. The van der Waals surface area contributed by atoms with Crippen LogP contribution in [0.3, 0.4) is 0 Å². The van der Waals surface area contributed by atoms with Crippen molar-refractivity contribution < 1.29 is 9.90 Å². The van der Waals surface area contributed by atoms with Crippen molar-refractivity contribution in [1.82, 2.24) is 5.32 Å². The Balaban J connectivity index is 2.24. The minimum absolute atomic E-state index is 0.206. The highest BCUT2D eigenvalue weighted by atomic mass is 16.2. The van der Waals surface area contributed by atoms with E-state index in [0.29, 0.717) is 0 Å². The lowest BCUT2D eigenvalue weighted by molar-refractivity contribution is -0.124. The van der Waals surface area contributed by atoms with E-state index in [1.165, 1.54) is 0 Å². The molecule has 1 rings (SSSR count). The highest BCUT2D eigenvalue weighted by Crippen LogP contribution is 2.29. The number of carbonyl (C=O) groups excluding carboxylic acids is 1. The van der Waals surface area contributed by atoms with Crippen molar-refractivity contribution in [1.29, 1.82) is 0 Å². The number of nitrogens with two attached hydrogens (primary N) is 1. The minimum atomic E-state index is -0.431. The molecule has 0 bridgehead atoms. The quantitative estimate of drug-likeness (QED) is 0.541. The minimum Gasteiger partial charge on any atom is -0.396 e. The summed E-state index contributed by atoms with van der Waals surface area (Å²) in [5, 5.41) is 11.9. The lowest BCUT2D eigenvalue weighted by Gasteiger charge is -2.26. The first kappa shape index (κ1) is 12.5. The summed E-state index contributed by atoms with van der Waals surface area (Å²) in [6, 6.07) is 0. The van der Waals surface area contributed by atoms with Crippen LogP contribution in [-0.2, 0) is 4.79 Å². The van der Waals surface area contributed by atoms with Gasteiger partial charge in [0.15, 0.2) is 0 Å². The Morgan fingerprint density at radius 1 is 1.27 bits per heavy atom. The zero-order valence-electron chi connectivity index (χ0n) is 9.30. The lowest BCUT2D eigenvalue weighted by Crippen LogP contribution is -2.53. The molecule has 0 unspecified atom stereocenters. The van der Waals surface area contributed by atoms with Crippen LogP contribution in [0.15, 0.2) is 0 Å². The van der Waals surface area contributed by atoms with Crippen molar-refractivity contribution in [3.63, 3.8) is 0 Å². The van der Waals surface area contributed by atoms with Gasteiger partial charge in [0.25, 0.3) is 0 Å². The second-order valence-corrected chi connectivity index (χ2v) is 4.36. The van der Waals surface area contributed by atoms with Crippen LogP contribution in [0.25, 0.3) is 0 Å². The Labute approximate surface area is 91.2 Å². The van der Waals surface area contributed by atoms with Gasteiger partial charge < -0.3 is 16.2 Å². The molecular weight excluding hydrogens is 192 g/mol. The number of primary amides is 1. The fraction of sp³-hybridized carbons (Fsp3) is 0.909. The van der Waals surface area contributed by atoms with Gasteiger partial charge in [-0.25, -0.2) is 0 Å². The molecule has 0 aromatic heterocycles. The van der Waals surface area contributed by atoms with Crippen LogP contribution in [0.1, 0.15) is 44.9 Å². The summed E-state index contributed by atoms with van der Waals surface area (Å²) < 4.78 is 0. The zero-order valence-corrected chi connectivity index (χ0v) is 9.30. The number of hydrogen-bond acceptors (Lipinski definition) is 3. The van der Waals surface area contributed by atoms with Gasteiger partial charge in [-0.1, -0.05) is 12.8 Å². The summed E-state index contributed by atoms with van der Waals surface area (Å²) in [7, 11) is 0. The molecule has 0 radical (unpaired) electrons. The highest BCUT2D eigenvalue weighted by Gasteiger charge is 2.38. The predicted molar refractivity (Wildman–Crippen MR) is 59.3 cm³/mol. The van der Waals surface area contributed by atoms with Crippen LogP contribution < -0.4 is 11.1 Å². The molecule has 88 valence electrons. The van der Waals surface area contributed by atoms with Crippen molar-refractivity contribution in [2.45, 2.75) is 50.5 Å². The number of hydrogen-bond donors (Lipinski definition) is 3. The molecule has 4 heteroatoms. The highest BCUT2D eigenvalue weighted by molar-refractivity contribution is 5.84. The number of rotatable bonds is 7. The van der Waals surface area contributed by atoms with E-state index in [4.69, 9.17) is 10.8 Å². The van der Waals surface area contributed by atoms with Gasteiger partial charge in [0.2, 0.25) is 5.91 Å². The fourth-order valence-electron chi connectivity index (χ4n) is 2.23. The Morgan fingerprint density at radius 2 is 1.93 bits per heavy atom. The molecule has 0 spiro atoms. The van der Waals surface area contributed by atoms with Gasteiger partial charge in [-0.05, 0) is 38.6 Å². The molecule has 15 heavy (non-hydrogen) atoms. The molecule has 0 atom stereocenters. The second-order valence-electron chi connectivity index (χ2n) is 4.36. The molecule has 0 saturated heterocycles. The van der Waals surface area contributed by atoms with Gasteiger partial charge in [0.05, 0.1) is 5.54 Å². The third-order valence-corrected chi connectivity index (χ3v) is 3.23. The van der Waals surface area contributed by atoms with Gasteiger partial charge in [0, 0.05) is 6.61 Å². The SMILES string of the molecule is NC(=O)C1(NCCCCCO)CCCC1. The summed E-state index contributed by atoms with van der Waals surface area (Å²) in [6.45, 7) is 1.07. The van der Waals surface area contributed by atoms with Crippen molar-refractivity contribution in [2.75, 3.05) is 13.2 Å². The van der Waals surface area contributed by atoms with E-state index in [9.17, 15) is 4.79 Å². The first-order valence-electron chi connectivity index (χ1n) is 5.87. The summed E-state index contributed by atoms with van der Waals surface area (Å²) >= 11 is 0. The normalized spacial score (nSPS) is 19.3. The van der Waals surface area contributed by atoms with E-state index in [1.807, 2.05) is 0 Å². The summed E-state index contributed by atoms with van der Waals surface area (Å²) in [5.74, 6) is -0.206. The summed E-state index contributed by atoms with van der Waals surface area (Å²) in [5.41, 5.74) is 5.00. The molecule has 1 saturated carbocycles. The Hall–Kier alpha value is -0.610. The van der Waals surface area contributed by atoms with Crippen LogP contribution in [0, 0.1) is 0 Å². The van der Waals surface area contributed by atoms with Gasteiger partial charge in [0.1, 0.15) is 0 Å². The lowest BCUT2D eigenvalue weighted by atomic mass is 9.96. The van der Waals surface area contributed by atoms with Crippen LogP contribution >= 0.6 is 0 Å². The molecular formula is C11H22N2O2. The number of aliphatic hydroxyl groups excluding tert-OH is 1. The van der Waals surface area contributed by atoms with E-state index < -0.39 is 5.54 Å². The van der Waals surface area contributed by atoms with E-state index in [2.05, 4.69) is 5.32 Å². The van der Waals surface area contributed by atoms with E-state index in [-0.39, 0.29) is 12.5 Å². The molecule has 4 N–H and O–H groups in total. The van der Waals surface area contributed by atoms with Crippen molar-refractivity contribution in [3.8, 4) is 0 Å². The molecule has 4 nitrogen and oxygen atoms in total. The molecule has 1 fully saturated rings. The van der Waals surface area contributed by atoms with E-state index in [1.54, 1.807) is 0 Å². The number of unbranched alkanes of at least 4 members (excludes halogenated alkanes) is 2. The van der Waals surface area contributed by atoms with Gasteiger partial charge >= 0.3 is 0 Å². The summed E-state index contributed by atoms with van der Waals surface area (Å²) in [6.07, 6.45) is 6.77. The molecule has 1 amide bonds. The third kappa shape index (κ3) is 3.47. The predicted octanol–water partition coefficient (Wildman–Crippen LogP) is 0.537. The van der Waals surface area contributed by atoms with Crippen molar-refractivity contribution >= 4 is 5.91 Å². The third-order valence-electron chi connectivity index (χ3n) is 3.23. The monoisotopic (exact) mass is 214 g/mol. The van der Waals surface area contributed by atoms with E-state index in [0.717, 1.165) is 51.5 Å². The van der Waals surface area contributed by atoms with E-state index >= 15 is 0 Å². The Bertz CT molecular complexity index is 201. The number of carbonyl (C=O) groups is 1. The zero-order chi connectivity index (χ0) is 11.1. The van der Waals surface area contributed by atoms with Crippen LogP contribution in [0.4, 0.5) is 0 Å². The smallest absolute Gasteiger partial charge is 0.237 e. The van der Waals surface area contributed by atoms with Crippen LogP contribution in [-0.4, -0.2) is 29.7 Å². The Kier molecular flexibility index (Phi) is 5.05. The molecule has 0 aromatic carbocycles. The van der Waals surface area contributed by atoms with Crippen LogP contribution in [0.5, 0.6) is 0 Å². The van der Waals surface area contributed by atoms with Gasteiger partial charge in [-0.3, -0.25) is 4.79 Å². The second kappa shape index (κ2) is 6.08. The molecule has 1 aliphatic rings. The average Bonchev–Trinajstić information content (AvgIpc) is 2.67. The topological polar surface area (TPSA) is 75.4 Å². The molecule has 1 aliphatic carbocycles. The van der Waals surface area contributed by atoms with Gasteiger partial charge in [-0.2, -0.15) is 0 Å². The largest absolute Gasteiger partial charge is 0.396 e. The standard InChI is InChI=1S/C11H22N2O2/c12-10(15)11(6-2-3-7-11)13-8-4-1-5-9-14/h13-14H,1-9H2,(H2,12,15). The maximum Gasteiger partial charge on any atom is 0.237 e. The number of aliphatic hydroxyl groups is 1. The van der Waals surface area contributed by atoms with Crippen molar-refractivity contribution in [2.24, 2.45) is 5.73 Å². The Morgan fingerprint density at radius 3 is 2.47 bits per heavy atom. The first-order chi connectivity index (χ1) is 7.21. The molecule has 0 heterocycles.